The van der Waals surface area contributed by atoms with Crippen molar-refractivity contribution in [2.24, 2.45) is 0 Å². The van der Waals surface area contributed by atoms with Crippen LogP contribution in [0.3, 0.4) is 0 Å². The van der Waals surface area contributed by atoms with Crippen LogP contribution >= 0.6 is 0 Å². The molecule has 0 spiro atoms. The van der Waals surface area contributed by atoms with Crippen LogP contribution in [-0.4, -0.2) is 59.1 Å². The molecule has 0 saturated carbocycles. The lowest BCUT2D eigenvalue weighted by molar-refractivity contribution is -0.136. The van der Waals surface area contributed by atoms with Crippen molar-refractivity contribution in [2.75, 3.05) is 13.2 Å². The van der Waals surface area contributed by atoms with E-state index < -0.39 is 34.4 Å². The van der Waals surface area contributed by atoms with Crippen LogP contribution in [-0.2, 0) is 21.2 Å². The summed E-state index contributed by atoms with van der Waals surface area (Å²) in [7, 11) is -4.19. The second-order valence-electron chi connectivity index (χ2n) is 8.02. The number of nitrogens with zero attached hydrogens (tertiary/aromatic N) is 4. The van der Waals surface area contributed by atoms with E-state index in [2.05, 4.69) is 9.94 Å². The van der Waals surface area contributed by atoms with E-state index in [1.165, 1.54) is 28.9 Å². The highest BCUT2D eigenvalue weighted by atomic mass is 32.2. The second-order valence-corrected chi connectivity index (χ2v) is 9.91. The van der Waals surface area contributed by atoms with Crippen LogP contribution in [0.4, 0.5) is 4.39 Å². The van der Waals surface area contributed by atoms with Gasteiger partial charge < -0.3 is 9.84 Å². The Labute approximate surface area is 196 Å². The smallest absolute Gasteiger partial charge is 0.325 e. The maximum Gasteiger partial charge on any atom is 0.325 e. The van der Waals surface area contributed by atoms with Crippen molar-refractivity contribution >= 4 is 26.9 Å². The molecule has 4 rings (SSSR count). The largest absolute Gasteiger partial charge is 0.494 e. The molecule has 3 atom stereocenters. The van der Waals surface area contributed by atoms with Gasteiger partial charge in [0.05, 0.1) is 29.1 Å². The summed E-state index contributed by atoms with van der Waals surface area (Å²) in [6, 6.07) is 9.90. The van der Waals surface area contributed by atoms with Crippen LogP contribution < -0.4 is 4.74 Å². The number of ether oxygens (including phenoxy) is 1. The number of sulfonamides is 1. The summed E-state index contributed by atoms with van der Waals surface area (Å²) in [5.41, 5.74) is 1.60. The molecule has 1 aromatic heterocycles. The highest BCUT2D eigenvalue weighted by Crippen LogP contribution is 2.38. The molecule has 9 nitrogen and oxygen atoms in total. The van der Waals surface area contributed by atoms with Gasteiger partial charge in [0.15, 0.2) is 0 Å². The maximum atomic E-state index is 15.6. The van der Waals surface area contributed by atoms with E-state index in [-0.39, 0.29) is 23.6 Å². The number of rotatable bonds is 7. The minimum Gasteiger partial charge on any atom is -0.494 e. The van der Waals surface area contributed by atoms with Gasteiger partial charge in [0, 0.05) is 11.9 Å². The van der Waals surface area contributed by atoms with Crippen molar-refractivity contribution in [1.82, 2.24) is 14.1 Å². The van der Waals surface area contributed by atoms with E-state index in [9.17, 15) is 18.3 Å². The zero-order chi connectivity index (χ0) is 24.6. The Morgan fingerprint density at radius 3 is 2.62 bits per heavy atom. The third-order valence-corrected chi connectivity index (χ3v) is 7.61. The molecule has 0 radical (unpaired) electrons. The van der Waals surface area contributed by atoms with Crippen molar-refractivity contribution in [3.63, 3.8) is 0 Å². The third kappa shape index (κ3) is 4.10. The van der Waals surface area contributed by atoms with Crippen LogP contribution in [0, 0.1) is 13.5 Å². The normalized spacial score (nSPS) is 20.9. The quantitative estimate of drug-likeness (QED) is 0.514. The number of aryl methyl sites for hydroxylation is 1. The molecule has 1 saturated heterocycles. The first-order valence-electron chi connectivity index (χ1n) is 10.6. The number of benzene rings is 2. The Bertz CT molecular complexity index is 1380. The summed E-state index contributed by atoms with van der Waals surface area (Å²) >= 11 is 0. The summed E-state index contributed by atoms with van der Waals surface area (Å²) in [4.78, 5) is 14.5. The average Bonchev–Trinajstić information content (AvgIpc) is 3.31. The Balaban J connectivity index is 1.75. The van der Waals surface area contributed by atoms with Crippen molar-refractivity contribution < 1.29 is 27.4 Å². The predicted molar refractivity (Wildman–Crippen MR) is 122 cm³/mol. The molecule has 11 heteroatoms. The Kier molecular flexibility index (Phi) is 6.29. The van der Waals surface area contributed by atoms with E-state index >= 15 is 4.39 Å². The van der Waals surface area contributed by atoms with Crippen molar-refractivity contribution in [2.45, 2.75) is 43.5 Å². The van der Waals surface area contributed by atoms with Gasteiger partial charge in [-0.1, -0.05) is 12.1 Å². The van der Waals surface area contributed by atoms with E-state index in [1.807, 2.05) is 6.92 Å². The fourth-order valence-electron chi connectivity index (χ4n) is 4.19. The van der Waals surface area contributed by atoms with Crippen molar-refractivity contribution in [3.05, 3.63) is 65.1 Å². The van der Waals surface area contributed by atoms with Crippen molar-refractivity contribution in [3.8, 4) is 5.75 Å². The molecular formula is C23H23FN4O5S. The molecule has 2 aromatic carbocycles. The highest BCUT2D eigenvalue weighted by Gasteiger charge is 2.54. The highest BCUT2D eigenvalue weighted by molar-refractivity contribution is 7.89. The van der Waals surface area contributed by atoms with E-state index in [4.69, 9.17) is 11.3 Å². The Morgan fingerprint density at radius 2 is 2.00 bits per heavy atom. The van der Waals surface area contributed by atoms with E-state index in [0.29, 0.717) is 23.3 Å². The maximum absolute atomic E-state index is 15.6. The van der Waals surface area contributed by atoms with Crippen LogP contribution in [0.15, 0.2) is 47.4 Å². The first-order chi connectivity index (χ1) is 16.2. The number of aliphatic carboxylic acids is 1. The Hall–Kier alpha value is -3.49. The van der Waals surface area contributed by atoms with Crippen LogP contribution in [0.25, 0.3) is 15.7 Å². The number of aromatic nitrogens is 2. The molecule has 1 aliphatic heterocycles. The first kappa shape index (κ1) is 23.7. The fraction of sp³-hybridized carbons (Fsp3) is 0.348. The van der Waals surface area contributed by atoms with E-state index in [1.54, 1.807) is 25.1 Å². The lowest BCUT2D eigenvalue weighted by Crippen LogP contribution is -2.36. The summed E-state index contributed by atoms with van der Waals surface area (Å²) in [5.74, 6) is -0.593. The number of hydrogen-bond donors (Lipinski definition) is 1. The van der Waals surface area contributed by atoms with Crippen LogP contribution in [0.5, 0.6) is 5.75 Å². The molecule has 1 aliphatic rings. The van der Waals surface area contributed by atoms with Gasteiger partial charge in [-0.3, -0.25) is 14.3 Å². The van der Waals surface area contributed by atoms with Crippen molar-refractivity contribution in [1.29, 1.82) is 0 Å². The van der Waals surface area contributed by atoms with Gasteiger partial charge in [-0.2, -0.15) is 5.10 Å². The first-order valence-corrected chi connectivity index (χ1v) is 12.1. The molecule has 3 aromatic rings. The summed E-state index contributed by atoms with van der Waals surface area (Å²) in [6.07, 6.45) is -3.80. The zero-order valence-electron chi connectivity index (χ0n) is 18.6. The average molecular weight is 487 g/mol. The van der Waals surface area contributed by atoms with Gasteiger partial charge >= 0.3 is 12.1 Å². The standard InChI is InChI=1S/C23H23FN4O5S/c1-4-33-15-6-8-16(9-7-15)34(31,32)27-13-20(22(24)23(27)25-3)28-19-11-14(2)5-10-17(19)18(26-28)12-21(29)30/h5-11,20,22-23H,4,12-13H2,1-2H3,(H,29,30)/t20-,22+,23-/m0/s1. The molecule has 0 bridgehead atoms. The fourth-order valence-corrected chi connectivity index (χ4v) is 5.74. The summed E-state index contributed by atoms with van der Waals surface area (Å²) < 4.78 is 49.8. The molecule has 0 amide bonds. The number of carbonyl (C=O) groups is 1. The third-order valence-electron chi connectivity index (χ3n) is 5.76. The molecule has 0 unspecified atom stereocenters. The van der Waals surface area contributed by atoms with Gasteiger partial charge in [-0.05, 0) is 49.7 Å². The zero-order valence-corrected chi connectivity index (χ0v) is 19.4. The topological polar surface area (TPSA) is 106 Å². The van der Waals surface area contributed by atoms with Crippen LogP contribution in [0.1, 0.15) is 24.2 Å². The van der Waals surface area contributed by atoms with Gasteiger partial charge in [0.25, 0.3) is 0 Å². The van der Waals surface area contributed by atoms with Gasteiger partial charge in [-0.15, -0.1) is 4.31 Å². The number of carboxylic acid groups (broad SMARTS) is 1. The number of halogens is 1. The van der Waals surface area contributed by atoms with Crippen LogP contribution in [0.2, 0.25) is 0 Å². The minimum atomic E-state index is -4.19. The molecular weight excluding hydrogens is 463 g/mol. The number of alkyl halides is 1. The number of fused-ring (bicyclic) bond motifs is 1. The molecule has 178 valence electrons. The molecule has 34 heavy (non-hydrogen) atoms. The monoisotopic (exact) mass is 486 g/mol. The summed E-state index contributed by atoms with van der Waals surface area (Å²) in [6.45, 7) is 11.2. The lowest BCUT2D eigenvalue weighted by Gasteiger charge is -2.16. The molecule has 0 aliphatic carbocycles. The Morgan fingerprint density at radius 1 is 1.29 bits per heavy atom. The van der Waals surface area contributed by atoms with Gasteiger partial charge in [0.1, 0.15) is 11.8 Å². The summed E-state index contributed by atoms with van der Waals surface area (Å²) in [5, 5.41) is 14.2. The SMILES string of the molecule is [C-]#[N+][C@@H]1[C@H](F)[C@@H](n2nc(CC(=O)O)c3ccc(C)cc32)CN1S(=O)(=O)c1ccc(OCC)cc1. The van der Waals surface area contributed by atoms with E-state index in [0.717, 1.165) is 9.87 Å². The number of carboxylic acids is 1. The lowest BCUT2D eigenvalue weighted by atomic mass is 10.1. The van der Waals surface area contributed by atoms with Gasteiger partial charge in [-0.25, -0.2) is 19.4 Å². The molecule has 1 N–H and O–H groups in total. The molecule has 2 heterocycles. The minimum absolute atomic E-state index is 0.0785. The second kappa shape index (κ2) is 9.04. The predicted octanol–water partition coefficient (Wildman–Crippen LogP) is 3.20. The van der Waals surface area contributed by atoms with Gasteiger partial charge in [0.2, 0.25) is 16.2 Å². The number of hydrogen-bond acceptors (Lipinski definition) is 5. The molecule has 1 fully saturated rings.